The van der Waals surface area contributed by atoms with Gasteiger partial charge in [0.1, 0.15) is 13.2 Å². The van der Waals surface area contributed by atoms with Crippen molar-refractivity contribution in [2.24, 2.45) is 0 Å². The average molecular weight is 848 g/mol. The van der Waals surface area contributed by atoms with Crippen molar-refractivity contribution in [3.8, 4) is 0 Å². The zero-order valence-corrected chi connectivity index (χ0v) is 39.6. The Morgan fingerprint density at radius 1 is 0.593 bits per heavy atom. The molecule has 0 aliphatic rings. The van der Waals surface area contributed by atoms with Gasteiger partial charge in [0.05, 0.1) is 39.9 Å². The van der Waals surface area contributed by atoms with Crippen molar-refractivity contribution < 1.29 is 32.9 Å². The Morgan fingerprint density at radius 3 is 1.49 bits per heavy atom. The first-order valence-electron chi connectivity index (χ1n) is 23.8. The van der Waals surface area contributed by atoms with Gasteiger partial charge in [0.2, 0.25) is 5.91 Å². The summed E-state index contributed by atoms with van der Waals surface area (Å²) < 4.78 is 23.5. The summed E-state index contributed by atoms with van der Waals surface area (Å²) >= 11 is 0. The molecule has 0 aromatic carbocycles. The number of hydrogen-bond donors (Lipinski definition) is 3. The van der Waals surface area contributed by atoms with E-state index in [0.29, 0.717) is 17.4 Å². The van der Waals surface area contributed by atoms with Gasteiger partial charge in [0, 0.05) is 6.42 Å². The summed E-state index contributed by atoms with van der Waals surface area (Å²) in [6, 6.07) is -0.849. The van der Waals surface area contributed by atoms with Gasteiger partial charge in [-0.25, -0.2) is 4.57 Å². The molecule has 0 saturated carbocycles. The standard InChI is InChI=1S/C50H91N2O6P/c1-6-8-10-12-14-16-18-19-20-21-22-23-24-25-26-27-28-29-30-31-32-33-34-36-38-40-42-44-50(54)51-48(47-58-59(55,56)57-46-45-52(3,4)5)49(53)43-41-39-37-35-17-15-13-11-9-7-2/h8,10,14,16,19-20,22-23,25-26,41,43,48-49,53H,6-7,9,11-13,15,17-18,21,24,27-40,42,44-47H2,1-5H3,(H-,51,54,55,56)/p+1/b10-8-,16-14-,20-19-,23-22-,26-25-,43-41+. The third-order valence-corrected chi connectivity index (χ3v) is 11.2. The number of quaternary nitrogens is 1. The molecule has 3 atom stereocenters. The molecule has 9 heteroatoms. The molecule has 342 valence electrons. The van der Waals surface area contributed by atoms with E-state index >= 15 is 0 Å². The molecule has 0 aromatic heterocycles. The van der Waals surface area contributed by atoms with Gasteiger partial charge in [-0.15, -0.1) is 0 Å². The summed E-state index contributed by atoms with van der Waals surface area (Å²) in [5.41, 5.74) is 0. The first-order valence-corrected chi connectivity index (χ1v) is 25.3. The maximum absolute atomic E-state index is 12.9. The van der Waals surface area contributed by atoms with Crippen molar-refractivity contribution in [2.45, 2.75) is 199 Å². The third kappa shape index (κ3) is 43.8. The lowest BCUT2D eigenvalue weighted by atomic mass is 10.0. The summed E-state index contributed by atoms with van der Waals surface area (Å²) in [4.78, 5) is 23.1. The second kappa shape index (κ2) is 41.3. The average Bonchev–Trinajstić information content (AvgIpc) is 3.19. The molecule has 3 unspecified atom stereocenters. The lowest BCUT2D eigenvalue weighted by molar-refractivity contribution is -0.870. The molecule has 0 aliphatic carbocycles. The second-order valence-corrected chi connectivity index (χ2v) is 18.6. The number of unbranched alkanes of at least 4 members (excludes halogenated alkanes) is 19. The number of nitrogens with one attached hydrogen (secondary N) is 1. The van der Waals surface area contributed by atoms with Crippen molar-refractivity contribution in [1.29, 1.82) is 0 Å². The van der Waals surface area contributed by atoms with Crippen molar-refractivity contribution in [1.82, 2.24) is 5.32 Å². The van der Waals surface area contributed by atoms with E-state index in [2.05, 4.69) is 79.9 Å². The quantitative estimate of drug-likeness (QED) is 0.0245. The monoisotopic (exact) mass is 848 g/mol. The first kappa shape index (κ1) is 56.9. The molecule has 3 N–H and O–H groups in total. The Balaban J connectivity index is 4.19. The number of aliphatic hydroxyl groups excluding tert-OH is 1. The fraction of sp³-hybridized carbons (Fsp3) is 0.740. The van der Waals surface area contributed by atoms with Crippen LogP contribution >= 0.6 is 7.82 Å². The SMILES string of the molecule is CC/C=C\C/C=C\C/C=C\C/C=C\C/C=C\CCCCCCCCCCCCCC(=O)NC(COP(=O)(O)OCC[N+](C)(C)C)C(O)/C=C/CCCCCCCCCC. The Labute approximate surface area is 364 Å². The van der Waals surface area contributed by atoms with Crippen LogP contribution in [-0.2, 0) is 18.4 Å². The van der Waals surface area contributed by atoms with Crippen molar-refractivity contribution in [2.75, 3.05) is 40.9 Å². The number of phosphoric ester groups is 1. The molecule has 0 fully saturated rings. The molecule has 0 aliphatic heterocycles. The van der Waals surface area contributed by atoms with Crippen LogP contribution in [0.4, 0.5) is 0 Å². The summed E-state index contributed by atoms with van der Waals surface area (Å²) in [5, 5.41) is 13.8. The highest BCUT2D eigenvalue weighted by Crippen LogP contribution is 2.43. The van der Waals surface area contributed by atoms with E-state index in [0.717, 1.165) is 70.6 Å². The highest BCUT2D eigenvalue weighted by Gasteiger charge is 2.27. The summed E-state index contributed by atoms with van der Waals surface area (Å²) in [5.74, 6) is -0.186. The number of amides is 1. The van der Waals surface area contributed by atoms with Crippen molar-refractivity contribution in [3.63, 3.8) is 0 Å². The molecule has 8 nitrogen and oxygen atoms in total. The number of aliphatic hydroxyl groups is 1. The van der Waals surface area contributed by atoms with E-state index in [1.807, 2.05) is 27.2 Å². The second-order valence-electron chi connectivity index (χ2n) is 17.1. The molecule has 0 heterocycles. The number of rotatable bonds is 42. The molecule has 0 saturated heterocycles. The minimum Gasteiger partial charge on any atom is -0.387 e. The van der Waals surface area contributed by atoms with E-state index in [-0.39, 0.29) is 19.1 Å². The smallest absolute Gasteiger partial charge is 0.387 e. The van der Waals surface area contributed by atoms with Gasteiger partial charge in [-0.3, -0.25) is 13.8 Å². The van der Waals surface area contributed by atoms with Crippen LogP contribution in [0.3, 0.4) is 0 Å². The zero-order valence-electron chi connectivity index (χ0n) is 38.7. The first-order chi connectivity index (χ1) is 28.5. The Hall–Kier alpha value is -2.06. The van der Waals surface area contributed by atoms with Gasteiger partial charge in [0.25, 0.3) is 0 Å². The maximum Gasteiger partial charge on any atom is 0.472 e. The zero-order chi connectivity index (χ0) is 43.6. The van der Waals surface area contributed by atoms with Crippen LogP contribution in [0.2, 0.25) is 0 Å². The van der Waals surface area contributed by atoms with E-state index < -0.39 is 20.0 Å². The molecular formula is C50H92N2O6P+. The number of likely N-dealkylation sites (N-methyl/N-ethyl adjacent to an activating group) is 1. The lowest BCUT2D eigenvalue weighted by Gasteiger charge is -2.25. The van der Waals surface area contributed by atoms with Crippen molar-refractivity contribution >= 4 is 13.7 Å². The molecule has 0 rings (SSSR count). The lowest BCUT2D eigenvalue weighted by Crippen LogP contribution is -2.45. The van der Waals surface area contributed by atoms with E-state index in [9.17, 15) is 19.4 Å². The fourth-order valence-corrected chi connectivity index (χ4v) is 7.16. The number of carbonyl (C=O) groups is 1. The number of hydrogen-bond acceptors (Lipinski definition) is 5. The summed E-state index contributed by atoms with van der Waals surface area (Å²) in [6.45, 7) is 4.66. The van der Waals surface area contributed by atoms with Crippen LogP contribution in [0, 0.1) is 0 Å². The predicted octanol–water partition coefficient (Wildman–Crippen LogP) is 13.6. The fourth-order valence-electron chi connectivity index (χ4n) is 6.42. The topological polar surface area (TPSA) is 105 Å². The number of allylic oxidation sites excluding steroid dienone is 11. The van der Waals surface area contributed by atoms with E-state index in [1.54, 1.807) is 6.08 Å². The van der Waals surface area contributed by atoms with Gasteiger partial charge >= 0.3 is 7.82 Å². The van der Waals surface area contributed by atoms with Crippen LogP contribution in [0.15, 0.2) is 72.9 Å². The number of nitrogens with zero attached hydrogens (tertiary/aromatic N) is 1. The minimum atomic E-state index is -4.34. The summed E-state index contributed by atoms with van der Waals surface area (Å²) in [6.07, 6.45) is 55.5. The highest BCUT2D eigenvalue weighted by molar-refractivity contribution is 7.47. The van der Waals surface area contributed by atoms with Gasteiger partial charge in [-0.1, -0.05) is 189 Å². The van der Waals surface area contributed by atoms with Crippen molar-refractivity contribution in [3.05, 3.63) is 72.9 Å². The molecule has 0 radical (unpaired) electrons. The molecule has 59 heavy (non-hydrogen) atoms. The molecular weight excluding hydrogens is 756 g/mol. The van der Waals surface area contributed by atoms with E-state index in [1.165, 1.54) is 96.3 Å². The van der Waals surface area contributed by atoms with Gasteiger partial charge in [-0.05, 0) is 64.2 Å². The van der Waals surface area contributed by atoms with Gasteiger partial charge in [-0.2, -0.15) is 0 Å². The van der Waals surface area contributed by atoms with Crippen LogP contribution in [0.25, 0.3) is 0 Å². The molecule has 0 aromatic rings. The van der Waals surface area contributed by atoms with Gasteiger partial charge < -0.3 is 19.8 Å². The number of phosphoric acid groups is 1. The Bertz CT molecular complexity index is 1190. The van der Waals surface area contributed by atoms with E-state index in [4.69, 9.17) is 9.05 Å². The van der Waals surface area contributed by atoms with Gasteiger partial charge in [0.15, 0.2) is 0 Å². The van der Waals surface area contributed by atoms with Crippen LogP contribution in [-0.4, -0.2) is 73.4 Å². The minimum absolute atomic E-state index is 0.0579. The summed E-state index contributed by atoms with van der Waals surface area (Å²) in [7, 11) is 1.56. The number of carbonyl (C=O) groups excluding carboxylic acids is 1. The van der Waals surface area contributed by atoms with Crippen LogP contribution < -0.4 is 5.32 Å². The Morgan fingerprint density at radius 2 is 1.02 bits per heavy atom. The largest absolute Gasteiger partial charge is 0.472 e. The molecule has 1 amide bonds. The molecule has 0 spiro atoms. The Kier molecular flexibility index (Phi) is 39.9. The van der Waals surface area contributed by atoms with Crippen LogP contribution in [0.5, 0.6) is 0 Å². The molecule has 0 bridgehead atoms. The maximum atomic E-state index is 12.9. The van der Waals surface area contributed by atoms with Crippen LogP contribution in [0.1, 0.15) is 187 Å². The third-order valence-electron chi connectivity index (χ3n) is 10.2. The highest BCUT2D eigenvalue weighted by atomic mass is 31.2. The predicted molar refractivity (Wildman–Crippen MR) is 253 cm³/mol. The normalized spacial score (nSPS) is 14.9.